The summed E-state index contributed by atoms with van der Waals surface area (Å²) in [6, 6.07) is 15.4. The summed E-state index contributed by atoms with van der Waals surface area (Å²) in [5, 5.41) is 0. The lowest BCUT2D eigenvalue weighted by atomic mass is 10.1. The van der Waals surface area contributed by atoms with Crippen LogP contribution in [0.3, 0.4) is 0 Å². The molecule has 112 valence electrons. The van der Waals surface area contributed by atoms with Gasteiger partial charge in [-0.3, -0.25) is 0 Å². The van der Waals surface area contributed by atoms with E-state index >= 15 is 0 Å². The van der Waals surface area contributed by atoms with Crippen molar-refractivity contribution in [2.24, 2.45) is 5.73 Å². The Kier molecular flexibility index (Phi) is 4.91. The van der Waals surface area contributed by atoms with E-state index in [4.69, 9.17) is 5.73 Å². The molecule has 21 heavy (non-hydrogen) atoms. The van der Waals surface area contributed by atoms with Crippen molar-refractivity contribution in [1.82, 2.24) is 0 Å². The number of likely N-dealkylation sites (N-methyl/N-ethyl adjacent to an activating group) is 1. The molecule has 2 nitrogen and oxygen atoms in total. The summed E-state index contributed by atoms with van der Waals surface area (Å²) >= 11 is 0. The third-order valence-corrected chi connectivity index (χ3v) is 3.50. The lowest BCUT2D eigenvalue weighted by Crippen LogP contribution is -2.35. The van der Waals surface area contributed by atoms with Gasteiger partial charge in [0.25, 0.3) is 5.92 Å². The molecule has 0 saturated heterocycles. The van der Waals surface area contributed by atoms with E-state index in [-0.39, 0.29) is 12.1 Å². The van der Waals surface area contributed by atoms with Crippen LogP contribution in [-0.4, -0.2) is 13.1 Å². The Hall–Kier alpha value is -1.94. The zero-order valence-corrected chi connectivity index (χ0v) is 12.1. The third kappa shape index (κ3) is 3.79. The SMILES string of the molecule is CCN(CC(F)(F)c1ccccc1)c1ccc(CN)cc1. The molecule has 0 aliphatic rings. The van der Waals surface area contributed by atoms with Crippen molar-refractivity contribution in [3.63, 3.8) is 0 Å². The molecule has 0 radical (unpaired) electrons. The average Bonchev–Trinajstić information content (AvgIpc) is 2.53. The molecule has 2 aromatic carbocycles. The highest BCUT2D eigenvalue weighted by Gasteiger charge is 2.33. The second-order valence-corrected chi connectivity index (χ2v) is 4.96. The van der Waals surface area contributed by atoms with Gasteiger partial charge in [-0.15, -0.1) is 0 Å². The van der Waals surface area contributed by atoms with E-state index in [9.17, 15) is 8.78 Å². The van der Waals surface area contributed by atoms with E-state index in [0.717, 1.165) is 11.3 Å². The van der Waals surface area contributed by atoms with E-state index in [2.05, 4.69) is 0 Å². The maximum atomic E-state index is 14.4. The van der Waals surface area contributed by atoms with Crippen molar-refractivity contribution in [3.8, 4) is 0 Å². The summed E-state index contributed by atoms with van der Waals surface area (Å²) in [5.74, 6) is -2.89. The van der Waals surface area contributed by atoms with Crippen molar-refractivity contribution in [1.29, 1.82) is 0 Å². The normalized spacial score (nSPS) is 11.4. The van der Waals surface area contributed by atoms with Gasteiger partial charge in [0.05, 0.1) is 6.54 Å². The molecule has 2 N–H and O–H groups in total. The molecule has 0 fully saturated rings. The minimum atomic E-state index is -2.89. The fourth-order valence-corrected chi connectivity index (χ4v) is 2.24. The van der Waals surface area contributed by atoms with Crippen molar-refractivity contribution >= 4 is 5.69 Å². The number of rotatable bonds is 6. The van der Waals surface area contributed by atoms with Crippen LogP contribution in [0.25, 0.3) is 0 Å². The van der Waals surface area contributed by atoms with Gasteiger partial charge in [-0.2, -0.15) is 8.78 Å². The first-order chi connectivity index (χ1) is 10.1. The Labute approximate surface area is 124 Å². The van der Waals surface area contributed by atoms with E-state index < -0.39 is 5.92 Å². The van der Waals surface area contributed by atoms with E-state index in [1.165, 1.54) is 12.1 Å². The second kappa shape index (κ2) is 6.68. The maximum Gasteiger partial charge on any atom is 0.290 e. The van der Waals surface area contributed by atoms with Crippen LogP contribution in [-0.2, 0) is 12.5 Å². The molecule has 0 aromatic heterocycles. The van der Waals surface area contributed by atoms with Crippen molar-refractivity contribution < 1.29 is 8.78 Å². The molecule has 0 bridgehead atoms. The quantitative estimate of drug-likeness (QED) is 0.877. The third-order valence-electron chi connectivity index (χ3n) is 3.50. The monoisotopic (exact) mass is 290 g/mol. The van der Waals surface area contributed by atoms with Crippen LogP contribution < -0.4 is 10.6 Å². The van der Waals surface area contributed by atoms with Gasteiger partial charge in [-0.25, -0.2) is 0 Å². The largest absolute Gasteiger partial charge is 0.365 e. The molecule has 4 heteroatoms. The van der Waals surface area contributed by atoms with E-state index in [1.807, 2.05) is 31.2 Å². The van der Waals surface area contributed by atoms with Gasteiger partial charge < -0.3 is 10.6 Å². The Morgan fingerprint density at radius 1 is 1.00 bits per heavy atom. The molecular weight excluding hydrogens is 270 g/mol. The predicted octanol–water partition coefficient (Wildman–Crippen LogP) is 3.76. The molecule has 2 aromatic rings. The lowest BCUT2D eigenvalue weighted by Gasteiger charge is -2.28. The molecule has 0 spiro atoms. The van der Waals surface area contributed by atoms with Crippen molar-refractivity contribution in [3.05, 3.63) is 65.7 Å². The Morgan fingerprint density at radius 2 is 1.62 bits per heavy atom. The molecule has 0 amide bonds. The summed E-state index contributed by atoms with van der Waals surface area (Å²) < 4.78 is 28.7. The number of anilines is 1. The summed E-state index contributed by atoms with van der Waals surface area (Å²) in [6.45, 7) is 2.50. The summed E-state index contributed by atoms with van der Waals surface area (Å²) in [7, 11) is 0. The molecule has 0 aliphatic carbocycles. The summed E-state index contributed by atoms with van der Waals surface area (Å²) in [5.41, 5.74) is 7.37. The van der Waals surface area contributed by atoms with Gasteiger partial charge in [-0.1, -0.05) is 42.5 Å². The Bertz CT molecular complexity index is 553. The second-order valence-electron chi connectivity index (χ2n) is 4.96. The fraction of sp³-hybridized carbons (Fsp3) is 0.294. The fourth-order valence-electron chi connectivity index (χ4n) is 2.24. The standard InChI is InChI=1S/C17H20F2N2/c1-2-21(16-10-8-14(12-20)9-11-16)13-17(18,19)15-6-4-3-5-7-15/h3-11H,2,12-13,20H2,1H3. The number of alkyl halides is 2. The zero-order valence-electron chi connectivity index (χ0n) is 12.1. The molecule has 0 heterocycles. The minimum Gasteiger partial charge on any atom is -0.365 e. The number of nitrogens with two attached hydrogens (primary N) is 1. The number of benzene rings is 2. The number of hydrogen-bond acceptors (Lipinski definition) is 2. The lowest BCUT2D eigenvalue weighted by molar-refractivity contribution is 0.00412. The van der Waals surface area contributed by atoms with Crippen LogP contribution in [0.15, 0.2) is 54.6 Å². The molecule has 0 atom stereocenters. The first-order valence-electron chi connectivity index (χ1n) is 7.04. The smallest absolute Gasteiger partial charge is 0.290 e. The summed E-state index contributed by atoms with van der Waals surface area (Å²) in [6.07, 6.45) is 0. The van der Waals surface area contributed by atoms with E-state index in [0.29, 0.717) is 13.1 Å². The van der Waals surface area contributed by atoms with Crippen molar-refractivity contribution in [2.45, 2.75) is 19.4 Å². The summed E-state index contributed by atoms with van der Waals surface area (Å²) in [4.78, 5) is 1.67. The maximum absolute atomic E-state index is 14.4. The number of halogens is 2. The van der Waals surface area contributed by atoms with Crippen LogP contribution in [0.1, 0.15) is 18.1 Å². The Morgan fingerprint density at radius 3 is 2.14 bits per heavy atom. The van der Waals surface area contributed by atoms with Gasteiger partial charge in [-0.05, 0) is 24.6 Å². The predicted molar refractivity (Wildman–Crippen MR) is 82.6 cm³/mol. The molecule has 0 unspecified atom stereocenters. The average molecular weight is 290 g/mol. The van der Waals surface area contributed by atoms with Gasteiger partial charge in [0.2, 0.25) is 0 Å². The molecule has 0 saturated carbocycles. The molecule has 0 aliphatic heterocycles. The minimum absolute atomic E-state index is 0.0435. The Balaban J connectivity index is 2.17. The van der Waals surface area contributed by atoms with Gasteiger partial charge in [0.15, 0.2) is 0 Å². The van der Waals surface area contributed by atoms with Crippen LogP contribution in [0.5, 0.6) is 0 Å². The van der Waals surface area contributed by atoms with E-state index in [1.54, 1.807) is 23.1 Å². The van der Waals surface area contributed by atoms with Crippen LogP contribution in [0.2, 0.25) is 0 Å². The highest BCUT2D eigenvalue weighted by molar-refractivity contribution is 5.48. The van der Waals surface area contributed by atoms with Crippen LogP contribution >= 0.6 is 0 Å². The first-order valence-corrected chi connectivity index (χ1v) is 7.04. The van der Waals surface area contributed by atoms with Gasteiger partial charge >= 0.3 is 0 Å². The topological polar surface area (TPSA) is 29.3 Å². The molecular formula is C17H20F2N2. The van der Waals surface area contributed by atoms with Crippen LogP contribution in [0.4, 0.5) is 14.5 Å². The van der Waals surface area contributed by atoms with Crippen molar-refractivity contribution in [2.75, 3.05) is 18.0 Å². The first kappa shape index (κ1) is 15.4. The highest BCUT2D eigenvalue weighted by Crippen LogP contribution is 2.30. The van der Waals surface area contributed by atoms with Gasteiger partial charge in [0, 0.05) is 24.3 Å². The zero-order chi connectivity index (χ0) is 15.3. The number of nitrogens with zero attached hydrogens (tertiary/aromatic N) is 1. The van der Waals surface area contributed by atoms with Crippen LogP contribution in [0, 0.1) is 0 Å². The van der Waals surface area contributed by atoms with Gasteiger partial charge in [0.1, 0.15) is 0 Å². The highest BCUT2D eigenvalue weighted by atomic mass is 19.3. The molecule has 2 rings (SSSR count). The number of hydrogen-bond donors (Lipinski definition) is 1.